The first kappa shape index (κ1) is 14.3. The van der Waals surface area contributed by atoms with Crippen LogP contribution in [0.1, 0.15) is 31.3 Å². The number of nitrogens with zero attached hydrogens (tertiary/aromatic N) is 1. The number of hydrogen-bond acceptors (Lipinski definition) is 2. The van der Waals surface area contributed by atoms with Crippen molar-refractivity contribution in [3.8, 4) is 0 Å². The molecule has 0 atom stereocenters. The molecule has 3 nitrogen and oxygen atoms in total. The molecule has 0 aromatic carbocycles. The van der Waals surface area contributed by atoms with Crippen LogP contribution in [0.2, 0.25) is 5.15 Å². The van der Waals surface area contributed by atoms with Crippen LogP contribution in [0.15, 0.2) is 0 Å². The molecular formula is C10H15ClF3N3. The zero-order chi connectivity index (χ0) is 12.9. The van der Waals surface area contributed by atoms with E-state index in [0.717, 1.165) is 25.1 Å². The Bertz CT molecular complexity index is 349. The molecule has 0 fully saturated rings. The van der Waals surface area contributed by atoms with Crippen LogP contribution in [0, 0.1) is 0 Å². The fraction of sp³-hybridized carbons (Fsp3) is 0.700. The van der Waals surface area contributed by atoms with Crippen LogP contribution in [0.5, 0.6) is 0 Å². The van der Waals surface area contributed by atoms with Gasteiger partial charge in [-0.15, -0.1) is 0 Å². The Labute approximate surface area is 103 Å². The summed E-state index contributed by atoms with van der Waals surface area (Å²) in [5, 5.41) is 2.51. The van der Waals surface area contributed by atoms with Gasteiger partial charge in [-0.05, 0) is 6.42 Å². The molecule has 1 heterocycles. The number of hydrogen-bond donors (Lipinski definition) is 2. The summed E-state index contributed by atoms with van der Waals surface area (Å²) in [6, 6.07) is 0. The number of H-pyrrole nitrogens is 1. The zero-order valence-corrected chi connectivity index (χ0v) is 10.3. The lowest BCUT2D eigenvalue weighted by atomic mass is 10.2. The van der Waals surface area contributed by atoms with Crippen molar-refractivity contribution in [1.29, 1.82) is 0 Å². The Morgan fingerprint density at radius 1 is 1.41 bits per heavy atom. The van der Waals surface area contributed by atoms with Gasteiger partial charge in [-0.3, -0.25) is 0 Å². The van der Waals surface area contributed by atoms with Gasteiger partial charge in [0, 0.05) is 13.0 Å². The van der Waals surface area contributed by atoms with Gasteiger partial charge in [-0.25, -0.2) is 4.98 Å². The summed E-state index contributed by atoms with van der Waals surface area (Å²) in [6.45, 7) is 1.06. The maximum absolute atomic E-state index is 11.9. The summed E-state index contributed by atoms with van der Waals surface area (Å²) in [5.74, 6) is 0.723. The van der Waals surface area contributed by atoms with Crippen molar-refractivity contribution < 1.29 is 13.2 Å². The quantitative estimate of drug-likeness (QED) is 0.833. The average Bonchev–Trinajstić information content (AvgIpc) is 2.55. The number of aryl methyl sites for hydroxylation is 1. The van der Waals surface area contributed by atoms with E-state index >= 15 is 0 Å². The molecule has 0 spiro atoms. The second kappa shape index (κ2) is 6.26. The largest absolute Gasteiger partial charge is 0.401 e. The second-order valence-corrected chi connectivity index (χ2v) is 4.13. The molecule has 2 N–H and O–H groups in total. The highest BCUT2D eigenvalue weighted by molar-refractivity contribution is 6.30. The minimum atomic E-state index is -4.21. The third-order valence-electron chi connectivity index (χ3n) is 2.17. The Balaban J connectivity index is 2.45. The molecule has 0 aliphatic rings. The molecule has 0 aliphatic heterocycles. The molecule has 0 aliphatic carbocycles. The third kappa shape index (κ3) is 5.41. The van der Waals surface area contributed by atoms with E-state index in [1.807, 2.05) is 0 Å². The van der Waals surface area contributed by atoms with E-state index in [4.69, 9.17) is 11.6 Å². The molecule has 0 bridgehead atoms. The molecular weight excluding hydrogens is 255 g/mol. The van der Waals surface area contributed by atoms with Crippen molar-refractivity contribution in [3.63, 3.8) is 0 Å². The van der Waals surface area contributed by atoms with Crippen LogP contribution in [0.25, 0.3) is 0 Å². The second-order valence-electron chi connectivity index (χ2n) is 3.78. The van der Waals surface area contributed by atoms with E-state index in [2.05, 4.69) is 22.2 Å². The highest BCUT2D eigenvalue weighted by Crippen LogP contribution is 2.16. The van der Waals surface area contributed by atoms with Gasteiger partial charge in [0.1, 0.15) is 5.82 Å². The van der Waals surface area contributed by atoms with Crippen molar-refractivity contribution in [2.75, 3.05) is 6.54 Å². The molecule has 1 aromatic heterocycles. The summed E-state index contributed by atoms with van der Waals surface area (Å²) >= 11 is 5.81. The van der Waals surface area contributed by atoms with Crippen LogP contribution in [-0.4, -0.2) is 22.7 Å². The molecule has 98 valence electrons. The molecule has 0 amide bonds. The van der Waals surface area contributed by atoms with Crippen molar-refractivity contribution in [1.82, 2.24) is 15.3 Å². The first-order valence-electron chi connectivity index (χ1n) is 5.43. The summed E-state index contributed by atoms with van der Waals surface area (Å²) in [7, 11) is 0. The molecule has 0 radical (unpaired) electrons. The number of alkyl halides is 3. The van der Waals surface area contributed by atoms with Crippen molar-refractivity contribution in [3.05, 3.63) is 16.7 Å². The Morgan fingerprint density at radius 2 is 2.12 bits per heavy atom. The van der Waals surface area contributed by atoms with Crippen molar-refractivity contribution in [2.45, 2.75) is 38.9 Å². The maximum atomic E-state index is 11.9. The van der Waals surface area contributed by atoms with Crippen LogP contribution < -0.4 is 5.32 Å². The van der Waals surface area contributed by atoms with Crippen LogP contribution >= 0.6 is 11.6 Å². The highest BCUT2D eigenvalue weighted by atomic mass is 35.5. The number of unbranched alkanes of at least 4 members (excludes halogenated alkanes) is 1. The van der Waals surface area contributed by atoms with Crippen LogP contribution in [0.3, 0.4) is 0 Å². The summed E-state index contributed by atoms with van der Waals surface area (Å²) < 4.78 is 35.7. The Hall–Kier alpha value is -0.750. The smallest absolute Gasteiger partial charge is 0.344 e. The lowest BCUT2D eigenvalue weighted by Crippen LogP contribution is -2.28. The van der Waals surface area contributed by atoms with Crippen LogP contribution in [0.4, 0.5) is 13.2 Å². The zero-order valence-electron chi connectivity index (χ0n) is 9.49. The molecule has 1 aromatic rings. The molecule has 7 heteroatoms. The number of halogens is 4. The van der Waals surface area contributed by atoms with Gasteiger partial charge in [-0.2, -0.15) is 13.2 Å². The lowest BCUT2D eigenvalue weighted by molar-refractivity contribution is -0.125. The fourth-order valence-electron chi connectivity index (χ4n) is 1.35. The topological polar surface area (TPSA) is 40.7 Å². The number of aromatic nitrogens is 2. The molecule has 0 unspecified atom stereocenters. The van der Waals surface area contributed by atoms with Gasteiger partial charge in [0.25, 0.3) is 0 Å². The van der Waals surface area contributed by atoms with Gasteiger partial charge >= 0.3 is 6.18 Å². The van der Waals surface area contributed by atoms with E-state index in [1.54, 1.807) is 0 Å². The predicted octanol–water partition coefficient (Wildman–Crippen LogP) is 3.06. The minimum absolute atomic E-state index is 0.0392. The number of aromatic amines is 1. The van der Waals surface area contributed by atoms with Gasteiger partial charge in [0.2, 0.25) is 0 Å². The van der Waals surface area contributed by atoms with Gasteiger partial charge in [0.05, 0.1) is 12.2 Å². The lowest BCUT2D eigenvalue weighted by Gasteiger charge is -2.06. The van der Waals surface area contributed by atoms with E-state index < -0.39 is 12.7 Å². The first-order valence-corrected chi connectivity index (χ1v) is 5.81. The van der Waals surface area contributed by atoms with Gasteiger partial charge < -0.3 is 10.3 Å². The Morgan fingerprint density at radius 3 is 2.71 bits per heavy atom. The van der Waals surface area contributed by atoms with Crippen molar-refractivity contribution >= 4 is 11.6 Å². The monoisotopic (exact) mass is 269 g/mol. The van der Waals surface area contributed by atoms with E-state index in [1.165, 1.54) is 0 Å². The average molecular weight is 270 g/mol. The van der Waals surface area contributed by atoms with Gasteiger partial charge in [0.15, 0.2) is 5.15 Å². The molecule has 0 saturated carbocycles. The molecule has 17 heavy (non-hydrogen) atoms. The Kier molecular flexibility index (Phi) is 5.27. The summed E-state index contributed by atoms with van der Waals surface area (Å²) in [4.78, 5) is 6.98. The maximum Gasteiger partial charge on any atom is 0.401 e. The minimum Gasteiger partial charge on any atom is -0.344 e. The standard InChI is InChI=1S/C10H15ClF3N3/c1-2-3-4-8-16-7(9(11)17-8)5-15-6-10(12,13)14/h15H,2-6H2,1H3,(H,16,17). The van der Waals surface area contributed by atoms with Gasteiger partial charge in [-0.1, -0.05) is 24.9 Å². The SMILES string of the molecule is CCCCc1nc(Cl)c(CNCC(F)(F)F)[nH]1. The van der Waals surface area contributed by atoms with E-state index in [-0.39, 0.29) is 11.7 Å². The number of nitrogens with one attached hydrogen (secondary N) is 2. The highest BCUT2D eigenvalue weighted by Gasteiger charge is 2.26. The summed E-state index contributed by atoms with van der Waals surface area (Å²) in [5.41, 5.74) is 0.502. The first-order chi connectivity index (χ1) is 7.92. The van der Waals surface area contributed by atoms with E-state index in [0.29, 0.717) is 5.69 Å². The van der Waals surface area contributed by atoms with Crippen molar-refractivity contribution in [2.24, 2.45) is 0 Å². The number of imidazole rings is 1. The number of rotatable bonds is 6. The normalized spacial score (nSPS) is 12.1. The summed E-state index contributed by atoms with van der Waals surface area (Å²) in [6.07, 6.45) is -1.45. The fourth-order valence-corrected chi connectivity index (χ4v) is 1.56. The van der Waals surface area contributed by atoms with Crippen LogP contribution in [-0.2, 0) is 13.0 Å². The third-order valence-corrected chi connectivity index (χ3v) is 2.48. The van der Waals surface area contributed by atoms with E-state index in [9.17, 15) is 13.2 Å². The molecule has 0 saturated heterocycles. The predicted molar refractivity (Wildman–Crippen MR) is 60.0 cm³/mol. The molecule has 1 rings (SSSR count).